The number of nitrogens with two attached hydrogens (primary N) is 1. The second kappa shape index (κ2) is 6.29. The van der Waals surface area contributed by atoms with Gasteiger partial charge in [0.2, 0.25) is 0 Å². The second-order valence-electron chi connectivity index (χ2n) is 5.64. The van der Waals surface area contributed by atoms with Gasteiger partial charge in [0.15, 0.2) is 0 Å². The van der Waals surface area contributed by atoms with Gasteiger partial charge in [0.1, 0.15) is 0 Å². The van der Waals surface area contributed by atoms with E-state index in [4.69, 9.17) is 10.8 Å². The molecule has 0 saturated carbocycles. The molecule has 3 N–H and O–H groups in total. The van der Waals surface area contributed by atoms with E-state index in [1.807, 2.05) is 36.5 Å². The van der Waals surface area contributed by atoms with Crippen LogP contribution in [-0.2, 0) is 0 Å². The lowest BCUT2D eigenvalue weighted by Gasteiger charge is -2.16. The number of aromatic nitrogens is 2. The maximum Gasteiger partial charge on any atom is 0.253 e. The van der Waals surface area contributed by atoms with Gasteiger partial charge in [-0.15, -0.1) is 0 Å². The van der Waals surface area contributed by atoms with Crippen molar-refractivity contribution >= 4 is 5.91 Å². The van der Waals surface area contributed by atoms with Crippen LogP contribution in [0.25, 0.3) is 5.69 Å². The third kappa shape index (κ3) is 2.88. The highest BCUT2D eigenvalue weighted by atomic mass is 16.3. The molecule has 0 unspecified atom stereocenters. The molecule has 3 rings (SSSR count). The lowest BCUT2D eigenvalue weighted by Crippen LogP contribution is -2.32. The monoisotopic (exact) mass is 300 g/mol. The number of hydrogen-bond donors (Lipinski definition) is 2. The zero-order chi connectivity index (χ0) is 15.5. The van der Waals surface area contributed by atoms with Crippen molar-refractivity contribution in [1.29, 1.82) is 0 Å². The van der Waals surface area contributed by atoms with Gasteiger partial charge in [-0.2, -0.15) is 5.10 Å². The Bertz CT molecular complexity index is 624. The molecule has 1 aliphatic heterocycles. The van der Waals surface area contributed by atoms with Crippen LogP contribution in [0.5, 0.6) is 0 Å². The molecule has 1 fully saturated rings. The van der Waals surface area contributed by atoms with Gasteiger partial charge < -0.3 is 15.7 Å². The molecule has 1 aromatic carbocycles. The van der Waals surface area contributed by atoms with Gasteiger partial charge in [-0.1, -0.05) is 0 Å². The molecule has 1 amide bonds. The topological polar surface area (TPSA) is 84.4 Å². The van der Waals surface area contributed by atoms with E-state index >= 15 is 0 Å². The molecule has 0 radical (unpaired) electrons. The van der Waals surface area contributed by atoms with Crippen LogP contribution < -0.4 is 5.73 Å². The van der Waals surface area contributed by atoms with Crippen molar-refractivity contribution in [3.05, 3.63) is 48.3 Å². The summed E-state index contributed by atoms with van der Waals surface area (Å²) < 4.78 is 1.75. The molecule has 2 aromatic rings. The smallest absolute Gasteiger partial charge is 0.253 e. The summed E-state index contributed by atoms with van der Waals surface area (Å²) in [4.78, 5) is 14.3. The highest BCUT2D eigenvalue weighted by Gasteiger charge is 2.32. The zero-order valence-electron chi connectivity index (χ0n) is 12.3. The Labute approximate surface area is 129 Å². The van der Waals surface area contributed by atoms with Gasteiger partial charge >= 0.3 is 0 Å². The summed E-state index contributed by atoms with van der Waals surface area (Å²) in [6.07, 6.45) is 4.21. The van der Waals surface area contributed by atoms with Gasteiger partial charge in [0.25, 0.3) is 5.91 Å². The summed E-state index contributed by atoms with van der Waals surface area (Å²) in [7, 11) is 0. The Morgan fingerprint density at radius 3 is 2.73 bits per heavy atom. The van der Waals surface area contributed by atoms with Crippen molar-refractivity contribution in [1.82, 2.24) is 14.7 Å². The SMILES string of the molecule is N[C@@H]1CN(C(=O)c2ccc(-n3cccn3)cc2)C[C@H]1CCO. The fourth-order valence-electron chi connectivity index (χ4n) is 2.89. The van der Waals surface area contributed by atoms with Gasteiger partial charge in [-0.05, 0) is 42.7 Å². The minimum Gasteiger partial charge on any atom is -0.396 e. The number of aliphatic hydroxyl groups is 1. The molecule has 1 aromatic heterocycles. The molecule has 0 bridgehead atoms. The normalized spacial score (nSPS) is 21.3. The van der Waals surface area contributed by atoms with Crippen LogP contribution >= 0.6 is 0 Å². The highest BCUT2D eigenvalue weighted by molar-refractivity contribution is 5.94. The minimum absolute atomic E-state index is 0.0112. The molecule has 2 atom stereocenters. The van der Waals surface area contributed by atoms with E-state index in [0.717, 1.165) is 5.69 Å². The molecule has 0 aliphatic carbocycles. The molecule has 2 heterocycles. The number of nitrogens with zero attached hydrogens (tertiary/aromatic N) is 3. The van der Waals surface area contributed by atoms with Crippen molar-refractivity contribution in [2.75, 3.05) is 19.7 Å². The lowest BCUT2D eigenvalue weighted by atomic mass is 10.0. The number of likely N-dealkylation sites (tertiary alicyclic amines) is 1. The summed E-state index contributed by atoms with van der Waals surface area (Å²) in [6, 6.07) is 9.17. The van der Waals surface area contributed by atoms with E-state index in [1.54, 1.807) is 15.8 Å². The van der Waals surface area contributed by atoms with Crippen LogP contribution in [0, 0.1) is 5.92 Å². The summed E-state index contributed by atoms with van der Waals surface area (Å²) in [5, 5.41) is 13.2. The third-order valence-electron chi connectivity index (χ3n) is 4.16. The highest BCUT2D eigenvalue weighted by Crippen LogP contribution is 2.21. The quantitative estimate of drug-likeness (QED) is 0.868. The average molecular weight is 300 g/mol. The van der Waals surface area contributed by atoms with Crippen LogP contribution in [0.3, 0.4) is 0 Å². The fraction of sp³-hybridized carbons (Fsp3) is 0.375. The lowest BCUT2D eigenvalue weighted by molar-refractivity contribution is 0.0784. The van der Waals surface area contributed by atoms with Gasteiger partial charge in [-0.3, -0.25) is 4.79 Å². The first-order valence-corrected chi connectivity index (χ1v) is 7.45. The number of amides is 1. The third-order valence-corrected chi connectivity index (χ3v) is 4.16. The van der Waals surface area contributed by atoms with Crippen LogP contribution in [0.2, 0.25) is 0 Å². The van der Waals surface area contributed by atoms with Crippen LogP contribution in [0.4, 0.5) is 0 Å². The van der Waals surface area contributed by atoms with E-state index in [2.05, 4.69) is 5.10 Å². The van der Waals surface area contributed by atoms with Gasteiger partial charge in [0, 0.05) is 43.7 Å². The van der Waals surface area contributed by atoms with Crippen molar-refractivity contribution in [2.24, 2.45) is 11.7 Å². The van der Waals surface area contributed by atoms with Crippen molar-refractivity contribution in [2.45, 2.75) is 12.5 Å². The molecule has 0 spiro atoms. The standard InChI is InChI=1S/C16H20N4O2/c17-15-11-19(10-13(15)6-9-21)16(22)12-2-4-14(5-3-12)20-8-1-7-18-20/h1-5,7-8,13,15,21H,6,9-11,17H2/t13-,15-/m1/s1. The summed E-state index contributed by atoms with van der Waals surface area (Å²) in [6.45, 7) is 1.27. The maximum absolute atomic E-state index is 12.5. The number of benzene rings is 1. The minimum atomic E-state index is -0.0561. The predicted molar refractivity (Wildman–Crippen MR) is 82.6 cm³/mol. The van der Waals surface area contributed by atoms with Crippen LogP contribution in [0.1, 0.15) is 16.8 Å². The number of carbonyl (C=O) groups is 1. The van der Waals surface area contributed by atoms with Crippen molar-refractivity contribution < 1.29 is 9.90 Å². The van der Waals surface area contributed by atoms with E-state index in [0.29, 0.717) is 25.1 Å². The maximum atomic E-state index is 12.5. The number of carbonyl (C=O) groups excluding carboxylic acids is 1. The second-order valence-corrected chi connectivity index (χ2v) is 5.64. The summed E-state index contributed by atoms with van der Waals surface area (Å²) >= 11 is 0. The van der Waals surface area contributed by atoms with E-state index < -0.39 is 0 Å². The summed E-state index contributed by atoms with van der Waals surface area (Å²) in [5.74, 6) is 0.167. The van der Waals surface area contributed by atoms with E-state index in [9.17, 15) is 4.79 Å². The molecular formula is C16H20N4O2. The molecule has 6 nitrogen and oxygen atoms in total. The number of hydrogen-bond acceptors (Lipinski definition) is 4. The molecular weight excluding hydrogens is 280 g/mol. The molecule has 1 saturated heterocycles. The summed E-state index contributed by atoms with van der Waals surface area (Å²) in [5.41, 5.74) is 7.60. The Balaban J connectivity index is 1.70. The van der Waals surface area contributed by atoms with Crippen molar-refractivity contribution in [3.8, 4) is 5.69 Å². The first kappa shape index (κ1) is 14.7. The molecule has 116 valence electrons. The first-order valence-electron chi connectivity index (χ1n) is 7.45. The Kier molecular flexibility index (Phi) is 4.22. The van der Waals surface area contributed by atoms with E-state index in [-0.39, 0.29) is 24.5 Å². The average Bonchev–Trinajstić information content (AvgIpc) is 3.18. The predicted octanol–water partition coefficient (Wildman–Crippen LogP) is 0.654. The number of rotatable bonds is 4. The van der Waals surface area contributed by atoms with E-state index in [1.165, 1.54) is 0 Å². The largest absolute Gasteiger partial charge is 0.396 e. The van der Waals surface area contributed by atoms with Gasteiger partial charge in [0.05, 0.1) is 5.69 Å². The van der Waals surface area contributed by atoms with Crippen LogP contribution in [0.15, 0.2) is 42.7 Å². The fourth-order valence-corrected chi connectivity index (χ4v) is 2.89. The van der Waals surface area contributed by atoms with Crippen LogP contribution in [-0.4, -0.2) is 51.4 Å². The molecule has 6 heteroatoms. The van der Waals surface area contributed by atoms with Crippen molar-refractivity contribution in [3.63, 3.8) is 0 Å². The Morgan fingerprint density at radius 1 is 1.32 bits per heavy atom. The zero-order valence-corrected chi connectivity index (χ0v) is 12.3. The number of aliphatic hydroxyl groups excluding tert-OH is 1. The molecule has 1 aliphatic rings. The Morgan fingerprint density at radius 2 is 2.09 bits per heavy atom. The molecule has 22 heavy (non-hydrogen) atoms. The first-order chi connectivity index (χ1) is 10.7. The van der Waals surface area contributed by atoms with Gasteiger partial charge in [-0.25, -0.2) is 4.68 Å². The Hall–Kier alpha value is -2.18.